The lowest BCUT2D eigenvalue weighted by Crippen LogP contribution is -2.08. The van der Waals surface area contributed by atoms with E-state index in [1.54, 1.807) is 6.54 Å². The summed E-state index contributed by atoms with van der Waals surface area (Å²) in [6.07, 6.45) is 0.822. The van der Waals surface area contributed by atoms with Gasteiger partial charge < -0.3 is 10.1 Å². The van der Waals surface area contributed by atoms with Crippen molar-refractivity contribution in [3.05, 3.63) is 6.54 Å². The third kappa shape index (κ3) is 1.20. The van der Waals surface area contributed by atoms with E-state index in [9.17, 15) is 4.79 Å². The van der Waals surface area contributed by atoms with E-state index in [0.29, 0.717) is 0 Å². The molecule has 1 N–H and O–H groups in total. The summed E-state index contributed by atoms with van der Waals surface area (Å²) in [5.41, 5.74) is 0. The number of hydrogen-bond acceptors (Lipinski definition) is 3. The Hall–Kier alpha value is -0.570. The maximum absolute atomic E-state index is 9.57. The van der Waals surface area contributed by atoms with E-state index < -0.39 is 0 Å². The predicted molar refractivity (Wildman–Crippen MR) is 27.5 cm³/mol. The van der Waals surface area contributed by atoms with Gasteiger partial charge in [0.25, 0.3) is 0 Å². The molecule has 1 aliphatic rings. The summed E-state index contributed by atoms with van der Waals surface area (Å²) >= 11 is 0. The molecular formula is C5H7NO2. The van der Waals surface area contributed by atoms with E-state index >= 15 is 0 Å². The SMILES string of the molecule is O=[C]OC1[CH]NCC1. The highest BCUT2D eigenvalue weighted by atomic mass is 16.5. The molecule has 3 nitrogen and oxygen atoms in total. The van der Waals surface area contributed by atoms with Gasteiger partial charge >= 0.3 is 6.47 Å². The van der Waals surface area contributed by atoms with Crippen molar-refractivity contribution in [1.29, 1.82) is 0 Å². The first-order chi connectivity index (χ1) is 3.93. The summed E-state index contributed by atoms with van der Waals surface area (Å²) in [7, 11) is 0. The highest BCUT2D eigenvalue weighted by Gasteiger charge is 2.14. The Morgan fingerprint density at radius 2 is 2.75 bits per heavy atom. The lowest BCUT2D eigenvalue weighted by molar-refractivity contribution is 0.213. The first-order valence-electron chi connectivity index (χ1n) is 2.53. The molecule has 2 radical (unpaired) electrons. The van der Waals surface area contributed by atoms with Gasteiger partial charge in [0.15, 0.2) is 0 Å². The highest BCUT2D eigenvalue weighted by molar-refractivity contribution is 5.39. The predicted octanol–water partition coefficient (Wildman–Crippen LogP) is -0.406. The molecule has 1 aliphatic heterocycles. The molecule has 0 aliphatic carbocycles. The molecule has 44 valence electrons. The number of nitrogens with one attached hydrogen (secondary N) is 1. The van der Waals surface area contributed by atoms with Crippen LogP contribution in [-0.2, 0) is 9.53 Å². The van der Waals surface area contributed by atoms with Gasteiger partial charge in [-0.25, -0.2) is 4.79 Å². The van der Waals surface area contributed by atoms with Crippen molar-refractivity contribution in [1.82, 2.24) is 5.32 Å². The molecule has 0 aromatic heterocycles. The van der Waals surface area contributed by atoms with Gasteiger partial charge in [-0.15, -0.1) is 0 Å². The average Bonchev–Trinajstić information content (AvgIpc) is 2.19. The lowest BCUT2D eigenvalue weighted by Gasteiger charge is -2.00. The lowest BCUT2D eigenvalue weighted by atomic mass is 10.3. The molecule has 0 amide bonds. The monoisotopic (exact) mass is 113 g/mol. The minimum Gasteiger partial charge on any atom is -0.452 e. The van der Waals surface area contributed by atoms with Crippen LogP contribution in [-0.4, -0.2) is 19.1 Å². The van der Waals surface area contributed by atoms with Gasteiger partial charge in [0.1, 0.15) is 6.10 Å². The van der Waals surface area contributed by atoms with Crippen LogP contribution in [0.15, 0.2) is 0 Å². The second-order valence-corrected chi connectivity index (χ2v) is 1.65. The number of hydrogen-bond donors (Lipinski definition) is 1. The van der Waals surface area contributed by atoms with Crippen LogP contribution in [0, 0.1) is 6.54 Å². The Balaban J connectivity index is 2.14. The molecule has 1 saturated heterocycles. The van der Waals surface area contributed by atoms with Gasteiger partial charge in [0, 0.05) is 0 Å². The second kappa shape index (κ2) is 2.67. The molecule has 1 rings (SSSR count). The summed E-state index contributed by atoms with van der Waals surface area (Å²) in [5, 5.41) is 2.93. The summed E-state index contributed by atoms with van der Waals surface area (Å²) in [6.45, 7) is 4.04. The minimum absolute atomic E-state index is 0.0486. The standard InChI is InChI=1S/C5H7NO2/c7-4-8-5-1-2-6-3-5/h3,5-6H,1-2H2. The van der Waals surface area contributed by atoms with Crippen molar-refractivity contribution >= 4 is 6.47 Å². The normalized spacial score (nSPS) is 27.8. The molecule has 1 fully saturated rings. The molecule has 1 atom stereocenters. The molecule has 1 unspecified atom stereocenters. The van der Waals surface area contributed by atoms with Crippen LogP contribution in [0.25, 0.3) is 0 Å². The highest BCUT2D eigenvalue weighted by Crippen LogP contribution is 2.04. The first kappa shape index (κ1) is 5.56. The molecule has 3 heteroatoms. The Labute approximate surface area is 48.0 Å². The van der Waals surface area contributed by atoms with Crippen LogP contribution in [0.5, 0.6) is 0 Å². The maximum Gasteiger partial charge on any atom is 0.417 e. The molecule has 0 spiro atoms. The third-order valence-electron chi connectivity index (χ3n) is 1.08. The van der Waals surface area contributed by atoms with E-state index in [0.717, 1.165) is 13.0 Å². The van der Waals surface area contributed by atoms with Crippen molar-refractivity contribution in [2.75, 3.05) is 6.54 Å². The minimum atomic E-state index is -0.0486. The largest absolute Gasteiger partial charge is 0.452 e. The maximum atomic E-state index is 9.57. The summed E-state index contributed by atoms with van der Waals surface area (Å²) < 4.78 is 4.48. The zero-order valence-electron chi connectivity index (χ0n) is 4.39. The van der Waals surface area contributed by atoms with Crippen LogP contribution < -0.4 is 5.32 Å². The van der Waals surface area contributed by atoms with E-state index in [-0.39, 0.29) is 6.10 Å². The fourth-order valence-electron chi connectivity index (χ4n) is 0.678. The zero-order valence-corrected chi connectivity index (χ0v) is 4.39. The van der Waals surface area contributed by atoms with Gasteiger partial charge in [0.05, 0.1) is 6.54 Å². The quantitative estimate of drug-likeness (QED) is 0.529. The number of carbonyl (C=O) groups excluding carboxylic acids is 1. The van der Waals surface area contributed by atoms with Crippen molar-refractivity contribution in [3.8, 4) is 0 Å². The topological polar surface area (TPSA) is 38.3 Å². The van der Waals surface area contributed by atoms with Gasteiger partial charge in [-0.1, -0.05) is 0 Å². The van der Waals surface area contributed by atoms with E-state index in [4.69, 9.17) is 0 Å². The van der Waals surface area contributed by atoms with Gasteiger partial charge in [-0.05, 0) is 13.0 Å². The fraction of sp³-hybridized carbons (Fsp3) is 0.600. The third-order valence-corrected chi connectivity index (χ3v) is 1.08. The van der Waals surface area contributed by atoms with Crippen LogP contribution >= 0.6 is 0 Å². The summed E-state index contributed by atoms with van der Waals surface area (Å²) in [5.74, 6) is 0. The fourth-order valence-corrected chi connectivity index (χ4v) is 0.678. The molecule has 0 aromatic carbocycles. The van der Waals surface area contributed by atoms with Crippen molar-refractivity contribution < 1.29 is 9.53 Å². The van der Waals surface area contributed by atoms with Crippen LogP contribution in [0.2, 0.25) is 0 Å². The molecule has 8 heavy (non-hydrogen) atoms. The van der Waals surface area contributed by atoms with E-state index in [2.05, 4.69) is 10.1 Å². The Bertz CT molecular complexity index is 78.5. The van der Waals surface area contributed by atoms with Crippen molar-refractivity contribution in [3.63, 3.8) is 0 Å². The Morgan fingerprint density at radius 1 is 1.88 bits per heavy atom. The number of ether oxygens (including phenoxy) is 1. The van der Waals surface area contributed by atoms with Crippen molar-refractivity contribution in [2.24, 2.45) is 0 Å². The summed E-state index contributed by atoms with van der Waals surface area (Å²) in [6, 6.07) is 0. The van der Waals surface area contributed by atoms with Crippen molar-refractivity contribution in [2.45, 2.75) is 12.5 Å². The van der Waals surface area contributed by atoms with Gasteiger partial charge in [-0.3, -0.25) is 0 Å². The molecular weight excluding hydrogens is 106 g/mol. The first-order valence-corrected chi connectivity index (χ1v) is 2.53. The van der Waals surface area contributed by atoms with E-state index in [1.807, 2.05) is 0 Å². The molecule has 0 aromatic rings. The van der Waals surface area contributed by atoms with Gasteiger partial charge in [0.2, 0.25) is 0 Å². The van der Waals surface area contributed by atoms with Gasteiger partial charge in [-0.2, -0.15) is 0 Å². The van der Waals surface area contributed by atoms with E-state index in [1.165, 1.54) is 6.47 Å². The van der Waals surface area contributed by atoms with Crippen LogP contribution in [0.4, 0.5) is 0 Å². The Morgan fingerprint density at radius 3 is 3.25 bits per heavy atom. The zero-order chi connectivity index (χ0) is 5.82. The molecule has 1 heterocycles. The second-order valence-electron chi connectivity index (χ2n) is 1.65. The number of rotatable bonds is 2. The van der Waals surface area contributed by atoms with Crippen LogP contribution in [0.3, 0.4) is 0 Å². The average molecular weight is 113 g/mol. The summed E-state index contributed by atoms with van der Waals surface area (Å²) in [4.78, 5) is 9.57. The smallest absolute Gasteiger partial charge is 0.417 e. The Kier molecular flexibility index (Phi) is 1.86. The molecule has 0 bridgehead atoms. The van der Waals surface area contributed by atoms with Crippen LogP contribution in [0.1, 0.15) is 6.42 Å². The molecule has 0 saturated carbocycles.